The molecular formula is C46H29N3. The molecule has 49 heavy (non-hydrogen) atoms. The maximum absolute atomic E-state index is 9.48. The molecule has 0 amide bonds. The molecule has 0 saturated carbocycles. The number of benzene rings is 7. The minimum Gasteiger partial charge on any atom is -0.309 e. The standard InChI is InChI=1S/C46H29N3/c47-30-31-17-19-33(20-18-31)38-26-39(44-15-8-14-43(48-44)34-10-2-1-3-11-34)28-40(27-38)49-45-16-7-6-13-41(45)42-24-23-37(29-46(42)49)36-22-21-32-9-4-5-12-35(32)25-36/h1-29H. The first-order valence-corrected chi connectivity index (χ1v) is 16.4. The van der Waals surface area contributed by atoms with E-state index in [1.165, 1.54) is 32.7 Å². The average Bonchev–Trinajstić information content (AvgIpc) is 3.51. The van der Waals surface area contributed by atoms with Gasteiger partial charge in [-0.1, -0.05) is 115 Å². The second kappa shape index (κ2) is 11.8. The predicted octanol–water partition coefficient (Wildman–Crippen LogP) is 11.9. The van der Waals surface area contributed by atoms with E-state index in [-0.39, 0.29) is 0 Å². The number of pyridine rings is 1. The fourth-order valence-electron chi connectivity index (χ4n) is 6.95. The molecule has 9 rings (SSSR count). The fraction of sp³-hybridized carbons (Fsp3) is 0. The molecule has 0 fully saturated rings. The zero-order valence-corrected chi connectivity index (χ0v) is 26.6. The highest BCUT2D eigenvalue weighted by molar-refractivity contribution is 6.10. The van der Waals surface area contributed by atoms with Crippen molar-refractivity contribution in [1.29, 1.82) is 5.26 Å². The number of hydrogen-bond acceptors (Lipinski definition) is 2. The molecule has 0 spiro atoms. The topological polar surface area (TPSA) is 41.6 Å². The van der Waals surface area contributed by atoms with Gasteiger partial charge in [0.25, 0.3) is 0 Å². The van der Waals surface area contributed by atoms with Crippen LogP contribution < -0.4 is 0 Å². The molecular weight excluding hydrogens is 595 g/mol. The van der Waals surface area contributed by atoms with Crippen molar-refractivity contribution in [2.75, 3.05) is 0 Å². The van der Waals surface area contributed by atoms with E-state index in [0.29, 0.717) is 5.56 Å². The Morgan fingerprint density at radius 2 is 1.06 bits per heavy atom. The molecule has 0 bridgehead atoms. The molecule has 3 heteroatoms. The van der Waals surface area contributed by atoms with Gasteiger partial charge >= 0.3 is 0 Å². The van der Waals surface area contributed by atoms with Crippen LogP contribution >= 0.6 is 0 Å². The van der Waals surface area contributed by atoms with Gasteiger partial charge in [0.2, 0.25) is 0 Å². The van der Waals surface area contributed by atoms with Crippen LogP contribution in [0.3, 0.4) is 0 Å². The number of rotatable bonds is 5. The summed E-state index contributed by atoms with van der Waals surface area (Å²) in [5.74, 6) is 0. The molecule has 0 aliphatic rings. The van der Waals surface area contributed by atoms with E-state index >= 15 is 0 Å². The number of para-hydroxylation sites is 1. The van der Waals surface area contributed by atoms with E-state index in [2.05, 4.69) is 144 Å². The average molecular weight is 624 g/mol. The van der Waals surface area contributed by atoms with E-state index in [1.54, 1.807) is 0 Å². The minimum atomic E-state index is 0.640. The van der Waals surface area contributed by atoms with Crippen LogP contribution in [0, 0.1) is 11.3 Å². The van der Waals surface area contributed by atoms with Crippen molar-refractivity contribution in [3.05, 3.63) is 181 Å². The third-order valence-corrected chi connectivity index (χ3v) is 9.39. The van der Waals surface area contributed by atoms with Crippen LogP contribution in [-0.2, 0) is 0 Å². The molecule has 2 heterocycles. The van der Waals surface area contributed by atoms with Crippen LogP contribution in [0.1, 0.15) is 5.56 Å². The molecule has 0 N–H and O–H groups in total. The predicted molar refractivity (Wildman–Crippen MR) is 203 cm³/mol. The van der Waals surface area contributed by atoms with Crippen LogP contribution in [0.4, 0.5) is 0 Å². The highest BCUT2D eigenvalue weighted by Gasteiger charge is 2.16. The van der Waals surface area contributed by atoms with Crippen molar-refractivity contribution < 1.29 is 0 Å². The zero-order chi connectivity index (χ0) is 32.7. The third-order valence-electron chi connectivity index (χ3n) is 9.39. The number of nitrogens with zero attached hydrogens (tertiary/aromatic N) is 3. The Bertz CT molecular complexity index is 2710. The molecule has 228 valence electrons. The molecule has 0 atom stereocenters. The third kappa shape index (κ3) is 5.13. The summed E-state index contributed by atoms with van der Waals surface area (Å²) in [5, 5.41) is 14.3. The summed E-state index contributed by atoms with van der Waals surface area (Å²) in [5.41, 5.74) is 12.3. The van der Waals surface area contributed by atoms with Gasteiger partial charge in [0.1, 0.15) is 0 Å². The molecule has 7 aromatic carbocycles. The van der Waals surface area contributed by atoms with E-state index < -0.39 is 0 Å². The minimum absolute atomic E-state index is 0.640. The summed E-state index contributed by atoms with van der Waals surface area (Å²) in [6, 6.07) is 63.9. The van der Waals surface area contributed by atoms with Gasteiger partial charge in [-0.05, 0) is 93.7 Å². The highest BCUT2D eigenvalue weighted by atomic mass is 15.0. The SMILES string of the molecule is N#Cc1ccc(-c2cc(-c3cccc(-c4ccccc4)n3)cc(-n3c4ccccc4c4ccc(-c5ccc6ccccc6c5)cc43)c2)cc1. The monoisotopic (exact) mass is 623 g/mol. The van der Waals surface area contributed by atoms with E-state index in [9.17, 15) is 5.26 Å². The first-order valence-electron chi connectivity index (χ1n) is 16.4. The molecule has 0 radical (unpaired) electrons. The van der Waals surface area contributed by atoms with Gasteiger partial charge in [-0.25, -0.2) is 4.98 Å². The van der Waals surface area contributed by atoms with Crippen LogP contribution in [-0.4, -0.2) is 9.55 Å². The second-order valence-corrected chi connectivity index (χ2v) is 12.4. The van der Waals surface area contributed by atoms with Gasteiger partial charge in [0.05, 0.1) is 34.1 Å². The Hall–Kier alpha value is -6.76. The van der Waals surface area contributed by atoms with Crippen molar-refractivity contribution in [3.8, 4) is 56.5 Å². The zero-order valence-electron chi connectivity index (χ0n) is 26.6. The Balaban J connectivity index is 1.28. The molecule has 0 aliphatic carbocycles. The Morgan fingerprint density at radius 1 is 0.408 bits per heavy atom. The largest absolute Gasteiger partial charge is 0.309 e. The number of hydrogen-bond donors (Lipinski definition) is 0. The maximum Gasteiger partial charge on any atom is 0.0991 e. The van der Waals surface area contributed by atoms with Crippen molar-refractivity contribution in [2.24, 2.45) is 0 Å². The number of nitriles is 1. The molecule has 0 unspecified atom stereocenters. The lowest BCUT2D eigenvalue weighted by molar-refractivity contribution is 1.18. The van der Waals surface area contributed by atoms with Gasteiger partial charge in [0.15, 0.2) is 0 Å². The quantitative estimate of drug-likeness (QED) is 0.191. The van der Waals surface area contributed by atoms with Crippen molar-refractivity contribution in [1.82, 2.24) is 9.55 Å². The van der Waals surface area contributed by atoms with Crippen molar-refractivity contribution >= 4 is 32.6 Å². The smallest absolute Gasteiger partial charge is 0.0991 e. The second-order valence-electron chi connectivity index (χ2n) is 12.4. The van der Waals surface area contributed by atoms with E-state index in [4.69, 9.17) is 4.98 Å². The summed E-state index contributed by atoms with van der Waals surface area (Å²) in [7, 11) is 0. The van der Waals surface area contributed by atoms with Crippen LogP contribution in [0.25, 0.3) is 83.0 Å². The fourth-order valence-corrected chi connectivity index (χ4v) is 6.95. The lowest BCUT2D eigenvalue weighted by atomic mass is 9.98. The Morgan fingerprint density at radius 3 is 1.90 bits per heavy atom. The summed E-state index contributed by atoms with van der Waals surface area (Å²) < 4.78 is 2.38. The first kappa shape index (κ1) is 28.5. The van der Waals surface area contributed by atoms with Gasteiger partial charge < -0.3 is 4.57 Å². The molecule has 0 aliphatic heterocycles. The molecule has 9 aromatic rings. The van der Waals surface area contributed by atoms with Gasteiger partial charge in [-0.15, -0.1) is 0 Å². The number of fused-ring (bicyclic) bond motifs is 4. The lowest BCUT2D eigenvalue weighted by Gasteiger charge is -2.15. The lowest BCUT2D eigenvalue weighted by Crippen LogP contribution is -1.97. The summed E-state index contributed by atoms with van der Waals surface area (Å²) in [6.07, 6.45) is 0. The Kier molecular flexibility index (Phi) is 6.85. The summed E-state index contributed by atoms with van der Waals surface area (Å²) >= 11 is 0. The van der Waals surface area contributed by atoms with E-state index in [0.717, 1.165) is 50.4 Å². The molecule has 0 saturated heterocycles. The summed E-state index contributed by atoms with van der Waals surface area (Å²) in [4.78, 5) is 5.15. The van der Waals surface area contributed by atoms with Gasteiger partial charge in [-0.2, -0.15) is 5.26 Å². The molecule has 3 nitrogen and oxygen atoms in total. The van der Waals surface area contributed by atoms with Gasteiger partial charge in [-0.3, -0.25) is 0 Å². The van der Waals surface area contributed by atoms with Crippen LogP contribution in [0.15, 0.2) is 176 Å². The van der Waals surface area contributed by atoms with Crippen LogP contribution in [0.2, 0.25) is 0 Å². The highest BCUT2D eigenvalue weighted by Crippen LogP contribution is 2.38. The van der Waals surface area contributed by atoms with Crippen molar-refractivity contribution in [3.63, 3.8) is 0 Å². The normalized spacial score (nSPS) is 11.2. The maximum atomic E-state index is 9.48. The summed E-state index contributed by atoms with van der Waals surface area (Å²) in [6.45, 7) is 0. The first-order chi connectivity index (χ1) is 24.2. The van der Waals surface area contributed by atoms with E-state index in [1.807, 2.05) is 42.5 Å². The van der Waals surface area contributed by atoms with Crippen molar-refractivity contribution in [2.45, 2.75) is 0 Å². The number of aromatic nitrogens is 2. The van der Waals surface area contributed by atoms with Gasteiger partial charge in [0, 0.05) is 27.6 Å². The van der Waals surface area contributed by atoms with Crippen LogP contribution in [0.5, 0.6) is 0 Å². The molecule has 2 aromatic heterocycles. The Labute approximate surface area is 284 Å².